The Morgan fingerprint density at radius 1 is 1.08 bits per heavy atom. The van der Waals surface area contributed by atoms with Crippen LogP contribution in [0, 0.1) is 5.92 Å². The van der Waals surface area contributed by atoms with Gasteiger partial charge in [0.1, 0.15) is 11.5 Å². The minimum absolute atomic E-state index is 0.135. The normalized spacial score (nSPS) is 16.1. The first kappa shape index (κ1) is 30.8. The van der Waals surface area contributed by atoms with E-state index >= 15 is 0 Å². The number of amides is 1. The first-order valence-electron chi connectivity index (χ1n) is 10.4. The van der Waals surface area contributed by atoms with Gasteiger partial charge >= 0.3 is 12.5 Å². The van der Waals surface area contributed by atoms with E-state index in [-0.39, 0.29) is 12.1 Å². The smallest absolute Gasteiger partial charge is 0.441 e. The summed E-state index contributed by atoms with van der Waals surface area (Å²) in [6.07, 6.45) is -8.11. The number of halogens is 8. The van der Waals surface area contributed by atoms with Gasteiger partial charge in [-0.05, 0) is 31.3 Å². The number of primary amides is 1. The third-order valence-electron chi connectivity index (χ3n) is 4.69. The number of oxazole rings is 1. The number of hydrogen-bond acceptors (Lipinski definition) is 6. The number of hydrogen-bond donors (Lipinski definition) is 2. The van der Waals surface area contributed by atoms with Crippen LogP contribution in [-0.4, -0.2) is 48.8 Å². The Morgan fingerprint density at radius 3 is 2.08 bits per heavy atom. The van der Waals surface area contributed by atoms with Gasteiger partial charge in [-0.1, -0.05) is 13.8 Å². The van der Waals surface area contributed by atoms with Crippen LogP contribution in [0.25, 0.3) is 5.57 Å². The SMILES string of the molecule is CN=C(/C=C(/c1nc2c(o1)CCCC2)C(C)C)C(F)(F)F.NC(=O)C(/C=N/C(F)(F)F)=C(/N)C(F)F. The largest absolute Gasteiger partial charge is 0.503 e. The monoisotopic (exact) mass is 531 g/mol. The molecule has 0 fully saturated rings. The van der Waals surface area contributed by atoms with Crippen molar-refractivity contribution >= 4 is 23.4 Å². The molecular formula is C21H25F8N5O2. The lowest BCUT2D eigenvalue weighted by molar-refractivity contribution is -0.119. The highest BCUT2D eigenvalue weighted by Gasteiger charge is 2.35. The average Bonchev–Trinajstić information content (AvgIpc) is 3.16. The number of nitrogens with zero attached hydrogens (tertiary/aromatic N) is 3. The van der Waals surface area contributed by atoms with E-state index in [4.69, 9.17) is 4.42 Å². The summed E-state index contributed by atoms with van der Waals surface area (Å²) in [5.41, 5.74) is 7.08. The maximum absolute atomic E-state index is 12.9. The Hall–Kier alpha value is -3.26. The highest BCUT2D eigenvalue weighted by Crippen LogP contribution is 2.30. The van der Waals surface area contributed by atoms with E-state index in [1.807, 2.05) is 18.8 Å². The molecule has 1 aliphatic carbocycles. The predicted molar refractivity (Wildman–Crippen MR) is 116 cm³/mol. The zero-order valence-electron chi connectivity index (χ0n) is 19.5. The Bertz CT molecular complexity index is 1010. The van der Waals surface area contributed by atoms with Crippen molar-refractivity contribution in [2.45, 2.75) is 58.4 Å². The zero-order valence-corrected chi connectivity index (χ0v) is 19.5. The van der Waals surface area contributed by atoms with E-state index in [0.717, 1.165) is 50.3 Å². The molecule has 1 amide bonds. The lowest BCUT2D eigenvalue weighted by Gasteiger charge is -2.11. The molecule has 0 unspecified atom stereocenters. The van der Waals surface area contributed by atoms with Crippen molar-refractivity contribution in [2.24, 2.45) is 27.4 Å². The van der Waals surface area contributed by atoms with Crippen LogP contribution >= 0.6 is 0 Å². The number of carbonyl (C=O) groups is 1. The molecule has 1 heterocycles. The standard InChI is InChI=1S/C15H19F3N2O.C6H6F5N3O/c1-9(2)10(8-13(19-3)15(16,17)18)14-20-11-6-4-5-7-12(11)21-14;7-4(8)3(12)2(5(13)15)1-14-6(9,10)11/h8-9H,4-7H2,1-3H3;1,4H,12H2,(H2,13,15)/b10-8+,19-13?;3-2+,14-1+. The van der Waals surface area contributed by atoms with E-state index in [1.54, 1.807) is 0 Å². The van der Waals surface area contributed by atoms with Crippen molar-refractivity contribution in [3.8, 4) is 0 Å². The van der Waals surface area contributed by atoms with E-state index < -0.39 is 41.8 Å². The fourth-order valence-corrected chi connectivity index (χ4v) is 2.91. The molecule has 2 rings (SSSR count). The van der Waals surface area contributed by atoms with E-state index in [9.17, 15) is 39.9 Å². The van der Waals surface area contributed by atoms with Gasteiger partial charge in [-0.2, -0.15) is 18.2 Å². The molecule has 36 heavy (non-hydrogen) atoms. The van der Waals surface area contributed by atoms with Gasteiger partial charge in [0.05, 0.1) is 17.0 Å². The molecule has 0 saturated heterocycles. The molecule has 4 N–H and O–H groups in total. The first-order chi connectivity index (χ1) is 16.5. The highest BCUT2D eigenvalue weighted by molar-refractivity contribution is 6.12. The van der Waals surface area contributed by atoms with Crippen molar-refractivity contribution in [3.63, 3.8) is 0 Å². The van der Waals surface area contributed by atoms with Gasteiger partial charge in [0.25, 0.3) is 12.3 Å². The second-order valence-electron chi connectivity index (χ2n) is 7.72. The zero-order chi connectivity index (χ0) is 27.8. The van der Waals surface area contributed by atoms with Crippen molar-refractivity contribution < 1.29 is 44.3 Å². The van der Waals surface area contributed by atoms with Crippen LogP contribution in [0.1, 0.15) is 44.0 Å². The summed E-state index contributed by atoms with van der Waals surface area (Å²) in [6.45, 7) is 3.64. The van der Waals surface area contributed by atoms with Crippen LogP contribution in [0.5, 0.6) is 0 Å². The molecule has 0 atom stereocenters. The molecule has 0 radical (unpaired) electrons. The molecule has 15 heteroatoms. The number of rotatable bonds is 6. The first-order valence-corrected chi connectivity index (χ1v) is 10.4. The third kappa shape index (κ3) is 9.41. The molecule has 0 aliphatic heterocycles. The summed E-state index contributed by atoms with van der Waals surface area (Å²) in [7, 11) is 1.14. The van der Waals surface area contributed by atoms with Gasteiger partial charge in [0.2, 0.25) is 5.89 Å². The van der Waals surface area contributed by atoms with E-state index in [2.05, 4.69) is 21.4 Å². The van der Waals surface area contributed by atoms with Crippen molar-refractivity contribution in [2.75, 3.05) is 7.05 Å². The second kappa shape index (κ2) is 12.6. The molecular weight excluding hydrogens is 506 g/mol. The number of aromatic nitrogens is 1. The molecule has 202 valence electrons. The van der Waals surface area contributed by atoms with Gasteiger partial charge in [-0.15, -0.1) is 13.2 Å². The molecule has 7 nitrogen and oxygen atoms in total. The number of carbonyl (C=O) groups excluding carboxylic acids is 1. The maximum atomic E-state index is 12.9. The number of alkyl halides is 8. The predicted octanol–water partition coefficient (Wildman–Crippen LogP) is 4.77. The molecule has 1 aliphatic rings. The number of aliphatic imine (C=N–C) groups is 2. The average molecular weight is 531 g/mol. The fraction of sp³-hybridized carbons (Fsp3) is 0.524. The number of aryl methyl sites for hydroxylation is 2. The summed E-state index contributed by atoms with van der Waals surface area (Å²) >= 11 is 0. The Morgan fingerprint density at radius 2 is 1.67 bits per heavy atom. The van der Waals surface area contributed by atoms with Gasteiger partial charge in [-0.3, -0.25) is 9.79 Å². The minimum Gasteiger partial charge on any atom is -0.441 e. The summed E-state index contributed by atoms with van der Waals surface area (Å²) in [4.78, 5) is 20.1. The van der Waals surface area contributed by atoms with Gasteiger partial charge in [-0.25, -0.2) is 13.8 Å². The molecule has 0 bridgehead atoms. The summed E-state index contributed by atoms with van der Waals surface area (Å²) in [5.74, 6) is -0.544. The van der Waals surface area contributed by atoms with Crippen molar-refractivity contribution in [3.05, 3.63) is 34.7 Å². The van der Waals surface area contributed by atoms with Crippen LogP contribution in [0.4, 0.5) is 35.1 Å². The number of nitrogens with two attached hydrogens (primary N) is 2. The quantitative estimate of drug-likeness (QED) is 0.238. The molecule has 0 spiro atoms. The van der Waals surface area contributed by atoms with E-state index in [0.29, 0.717) is 11.5 Å². The van der Waals surface area contributed by atoms with Crippen LogP contribution in [0.3, 0.4) is 0 Å². The lowest BCUT2D eigenvalue weighted by atomic mass is 10.0. The fourth-order valence-electron chi connectivity index (χ4n) is 2.91. The van der Waals surface area contributed by atoms with E-state index in [1.165, 1.54) is 0 Å². The topological polar surface area (TPSA) is 120 Å². The Kier molecular flexibility index (Phi) is 10.8. The highest BCUT2D eigenvalue weighted by atomic mass is 19.4. The molecule has 0 saturated carbocycles. The van der Waals surface area contributed by atoms with Crippen LogP contribution in [0.15, 0.2) is 31.7 Å². The van der Waals surface area contributed by atoms with Gasteiger partial charge < -0.3 is 15.9 Å². The van der Waals surface area contributed by atoms with Crippen molar-refractivity contribution in [1.29, 1.82) is 0 Å². The minimum atomic E-state index is -4.98. The van der Waals surface area contributed by atoms with Gasteiger partial charge in [0.15, 0.2) is 0 Å². The Balaban J connectivity index is 0.000000384. The number of fused-ring (bicyclic) bond motifs is 1. The third-order valence-corrected chi connectivity index (χ3v) is 4.69. The molecule has 0 aromatic carbocycles. The summed E-state index contributed by atoms with van der Waals surface area (Å²) in [5, 5.41) is 0. The molecule has 1 aromatic rings. The maximum Gasteiger partial charge on any atom is 0.503 e. The lowest BCUT2D eigenvalue weighted by Crippen LogP contribution is -2.23. The van der Waals surface area contributed by atoms with Crippen LogP contribution in [-0.2, 0) is 17.6 Å². The van der Waals surface area contributed by atoms with Crippen LogP contribution < -0.4 is 11.5 Å². The summed E-state index contributed by atoms with van der Waals surface area (Å²) in [6, 6.07) is 0. The van der Waals surface area contributed by atoms with Crippen LogP contribution in [0.2, 0.25) is 0 Å². The summed E-state index contributed by atoms with van der Waals surface area (Å²) < 4.78 is 103. The van der Waals surface area contributed by atoms with Gasteiger partial charge in [0, 0.05) is 25.3 Å². The Labute approximate surface area is 201 Å². The molecule has 1 aromatic heterocycles. The number of allylic oxidation sites excluding steroid dienone is 3. The van der Waals surface area contributed by atoms with Crippen molar-refractivity contribution in [1.82, 2.24) is 4.98 Å². The second-order valence-corrected chi connectivity index (χ2v) is 7.72.